The first-order valence-electron chi connectivity index (χ1n) is 9.97. The number of rotatable bonds is 6. The summed E-state index contributed by atoms with van der Waals surface area (Å²) in [4.78, 5) is 28.5. The third-order valence-corrected chi connectivity index (χ3v) is 6.47. The lowest BCUT2D eigenvalue weighted by Gasteiger charge is -2.29. The van der Waals surface area contributed by atoms with Crippen molar-refractivity contribution in [3.8, 4) is 11.1 Å². The molecule has 1 aromatic heterocycles. The van der Waals surface area contributed by atoms with Crippen LogP contribution >= 0.6 is 22.9 Å². The van der Waals surface area contributed by atoms with Gasteiger partial charge in [-0.2, -0.15) is 0 Å². The number of benzene rings is 1. The molecule has 7 heteroatoms. The lowest BCUT2D eigenvalue weighted by Crippen LogP contribution is -2.38. The Hall–Kier alpha value is -1.89. The predicted molar refractivity (Wildman–Crippen MR) is 119 cm³/mol. The Kier molecular flexibility index (Phi) is 7.33. The first kappa shape index (κ1) is 21.8. The molecule has 0 bridgehead atoms. The molecule has 3 rings (SSSR count). The monoisotopic (exact) mass is 434 g/mol. The van der Waals surface area contributed by atoms with Gasteiger partial charge in [0.15, 0.2) is 0 Å². The van der Waals surface area contributed by atoms with E-state index >= 15 is 0 Å². The van der Waals surface area contributed by atoms with Crippen LogP contribution in [0, 0.1) is 12.8 Å². The second-order valence-electron chi connectivity index (χ2n) is 7.47. The first-order chi connectivity index (χ1) is 13.9. The molecule has 1 aliphatic rings. The van der Waals surface area contributed by atoms with Crippen LogP contribution in [0.1, 0.15) is 41.9 Å². The molecule has 0 radical (unpaired) electrons. The van der Waals surface area contributed by atoms with E-state index in [1.165, 1.54) is 11.3 Å². The average molecular weight is 435 g/mol. The van der Waals surface area contributed by atoms with Crippen LogP contribution in [0.4, 0.5) is 5.00 Å². The molecule has 0 aliphatic carbocycles. The molecular formula is C22H27ClN2O3S. The van der Waals surface area contributed by atoms with Crippen molar-refractivity contribution in [1.82, 2.24) is 4.90 Å². The molecule has 2 heterocycles. The number of carbonyl (C=O) groups is 2. The van der Waals surface area contributed by atoms with E-state index in [0.29, 0.717) is 28.0 Å². The van der Waals surface area contributed by atoms with E-state index in [1.54, 1.807) is 19.1 Å². The molecule has 1 aliphatic heterocycles. The zero-order valence-corrected chi connectivity index (χ0v) is 18.7. The van der Waals surface area contributed by atoms with Gasteiger partial charge in [0.25, 0.3) is 0 Å². The number of thiophene rings is 1. The van der Waals surface area contributed by atoms with Gasteiger partial charge in [-0.15, -0.1) is 11.3 Å². The van der Waals surface area contributed by atoms with Gasteiger partial charge in [-0.25, -0.2) is 4.79 Å². The fraction of sp³-hybridized carbons (Fsp3) is 0.455. The number of nitrogens with zero attached hydrogens (tertiary/aromatic N) is 1. The Morgan fingerprint density at radius 1 is 1.24 bits per heavy atom. The maximum absolute atomic E-state index is 12.7. The van der Waals surface area contributed by atoms with Crippen molar-refractivity contribution in [2.75, 3.05) is 31.6 Å². The van der Waals surface area contributed by atoms with E-state index in [9.17, 15) is 9.59 Å². The van der Waals surface area contributed by atoms with E-state index in [0.717, 1.165) is 41.9 Å². The van der Waals surface area contributed by atoms with Gasteiger partial charge in [-0.1, -0.05) is 30.7 Å². The lowest BCUT2D eigenvalue weighted by atomic mass is 9.99. The Bertz CT molecular complexity index is 871. The maximum atomic E-state index is 12.7. The van der Waals surface area contributed by atoms with Crippen molar-refractivity contribution in [3.63, 3.8) is 0 Å². The highest BCUT2D eigenvalue weighted by atomic mass is 35.5. The molecule has 1 N–H and O–H groups in total. The number of nitrogens with one attached hydrogen (secondary N) is 1. The van der Waals surface area contributed by atoms with E-state index in [4.69, 9.17) is 16.3 Å². The highest BCUT2D eigenvalue weighted by Crippen LogP contribution is 2.40. The van der Waals surface area contributed by atoms with Gasteiger partial charge in [0.2, 0.25) is 5.91 Å². The summed E-state index contributed by atoms with van der Waals surface area (Å²) < 4.78 is 5.29. The minimum absolute atomic E-state index is 0.103. The van der Waals surface area contributed by atoms with Crippen molar-refractivity contribution in [2.24, 2.45) is 5.92 Å². The van der Waals surface area contributed by atoms with Crippen molar-refractivity contribution in [2.45, 2.75) is 33.6 Å². The molecule has 5 nitrogen and oxygen atoms in total. The SMILES string of the molecule is CCOC(=O)c1c(NC(=O)CN2CCC(C)CC2)sc(C)c1-c1ccc(Cl)cc1. The summed E-state index contributed by atoms with van der Waals surface area (Å²) in [6.45, 7) is 8.43. The first-order valence-corrected chi connectivity index (χ1v) is 11.2. The van der Waals surface area contributed by atoms with Gasteiger partial charge >= 0.3 is 5.97 Å². The fourth-order valence-electron chi connectivity index (χ4n) is 3.58. The smallest absolute Gasteiger partial charge is 0.341 e. The Balaban J connectivity index is 1.85. The molecular weight excluding hydrogens is 408 g/mol. The van der Waals surface area contributed by atoms with Crippen LogP contribution in [0.25, 0.3) is 11.1 Å². The number of ether oxygens (including phenoxy) is 1. The van der Waals surface area contributed by atoms with Gasteiger partial charge in [0, 0.05) is 15.5 Å². The number of likely N-dealkylation sites (tertiary alicyclic amines) is 1. The lowest BCUT2D eigenvalue weighted by molar-refractivity contribution is -0.117. The standard InChI is InChI=1S/C22H27ClN2O3S/c1-4-28-22(27)20-19(16-5-7-17(23)8-6-16)15(3)29-21(20)24-18(26)13-25-11-9-14(2)10-12-25/h5-8,14H,4,9-13H2,1-3H3,(H,24,26). The highest BCUT2D eigenvalue weighted by molar-refractivity contribution is 7.17. The second kappa shape index (κ2) is 9.74. The molecule has 29 heavy (non-hydrogen) atoms. The zero-order chi connectivity index (χ0) is 21.0. The number of esters is 1. The number of hydrogen-bond acceptors (Lipinski definition) is 5. The van der Waals surface area contributed by atoms with Gasteiger partial charge in [-0.3, -0.25) is 9.69 Å². The Morgan fingerprint density at radius 3 is 2.52 bits per heavy atom. The largest absolute Gasteiger partial charge is 0.462 e. The van der Waals surface area contributed by atoms with Crippen LogP contribution in [0.3, 0.4) is 0 Å². The quantitative estimate of drug-likeness (QED) is 0.633. The number of halogens is 1. The normalized spacial score (nSPS) is 15.3. The van der Waals surface area contributed by atoms with E-state index in [2.05, 4.69) is 17.1 Å². The van der Waals surface area contributed by atoms with Crippen molar-refractivity contribution in [1.29, 1.82) is 0 Å². The van der Waals surface area contributed by atoms with Gasteiger partial charge < -0.3 is 10.1 Å². The summed E-state index contributed by atoms with van der Waals surface area (Å²) in [6.07, 6.45) is 2.22. The molecule has 0 atom stereocenters. The number of carbonyl (C=O) groups excluding carboxylic acids is 2. The minimum Gasteiger partial charge on any atom is -0.462 e. The summed E-state index contributed by atoms with van der Waals surface area (Å²) in [5.74, 6) is 0.185. The zero-order valence-electron chi connectivity index (χ0n) is 17.1. The van der Waals surface area contributed by atoms with Gasteiger partial charge in [-0.05, 0) is 63.4 Å². The maximum Gasteiger partial charge on any atom is 0.341 e. The molecule has 1 saturated heterocycles. The number of amides is 1. The molecule has 2 aromatic rings. The summed E-state index contributed by atoms with van der Waals surface area (Å²) in [5.41, 5.74) is 2.07. The van der Waals surface area contributed by atoms with E-state index < -0.39 is 5.97 Å². The van der Waals surface area contributed by atoms with Crippen molar-refractivity contribution < 1.29 is 14.3 Å². The molecule has 0 saturated carbocycles. The van der Waals surface area contributed by atoms with Crippen LogP contribution in [-0.4, -0.2) is 43.0 Å². The third-order valence-electron chi connectivity index (χ3n) is 5.19. The predicted octanol–water partition coefficient (Wildman–Crippen LogP) is 5.22. The van der Waals surface area contributed by atoms with E-state index in [1.807, 2.05) is 19.1 Å². The Morgan fingerprint density at radius 2 is 1.90 bits per heavy atom. The summed E-state index contributed by atoms with van der Waals surface area (Å²) in [5, 5.41) is 4.13. The van der Waals surface area contributed by atoms with Crippen LogP contribution < -0.4 is 5.32 Å². The van der Waals surface area contributed by atoms with Crippen molar-refractivity contribution >= 4 is 39.8 Å². The van der Waals surface area contributed by atoms with Crippen LogP contribution in [0.2, 0.25) is 5.02 Å². The summed E-state index contributed by atoms with van der Waals surface area (Å²) in [6, 6.07) is 7.33. The summed E-state index contributed by atoms with van der Waals surface area (Å²) in [7, 11) is 0. The summed E-state index contributed by atoms with van der Waals surface area (Å²) >= 11 is 7.42. The number of anilines is 1. The molecule has 0 unspecified atom stereocenters. The molecule has 0 spiro atoms. The molecule has 156 valence electrons. The van der Waals surface area contributed by atoms with Gasteiger partial charge in [0.1, 0.15) is 10.6 Å². The number of piperidine rings is 1. The molecule has 1 fully saturated rings. The highest BCUT2D eigenvalue weighted by Gasteiger charge is 2.26. The van der Waals surface area contributed by atoms with Crippen LogP contribution in [0.15, 0.2) is 24.3 Å². The molecule has 1 amide bonds. The minimum atomic E-state index is -0.427. The van der Waals surface area contributed by atoms with Crippen LogP contribution in [-0.2, 0) is 9.53 Å². The van der Waals surface area contributed by atoms with Crippen molar-refractivity contribution in [3.05, 3.63) is 39.7 Å². The third kappa shape index (κ3) is 5.38. The molecule has 1 aromatic carbocycles. The van der Waals surface area contributed by atoms with Crippen LogP contribution in [0.5, 0.6) is 0 Å². The topological polar surface area (TPSA) is 58.6 Å². The average Bonchev–Trinajstić information content (AvgIpc) is 3.00. The Labute approximate surface area is 181 Å². The van der Waals surface area contributed by atoms with Gasteiger partial charge in [0.05, 0.1) is 13.2 Å². The number of aryl methyl sites for hydroxylation is 1. The fourth-order valence-corrected chi connectivity index (χ4v) is 4.79. The van der Waals surface area contributed by atoms with E-state index in [-0.39, 0.29) is 12.5 Å². The number of hydrogen-bond donors (Lipinski definition) is 1. The second-order valence-corrected chi connectivity index (χ2v) is 9.13.